The van der Waals surface area contributed by atoms with E-state index < -0.39 is 5.97 Å². The number of hydrogen-bond acceptors (Lipinski definition) is 4. The Balaban J connectivity index is 1.45. The fourth-order valence-corrected chi connectivity index (χ4v) is 6.38. The maximum atomic E-state index is 12.7. The van der Waals surface area contributed by atoms with Crippen molar-refractivity contribution in [1.29, 1.82) is 0 Å². The average Bonchev–Trinajstić information content (AvgIpc) is 3.40. The molecule has 4 aromatic carbocycles. The van der Waals surface area contributed by atoms with E-state index in [1.807, 2.05) is 37.3 Å². The van der Waals surface area contributed by atoms with Gasteiger partial charge in [-0.2, -0.15) is 0 Å². The molecule has 0 atom stereocenters. The first-order valence-electron chi connectivity index (χ1n) is 13.8. The van der Waals surface area contributed by atoms with Crippen molar-refractivity contribution in [3.05, 3.63) is 148 Å². The van der Waals surface area contributed by atoms with Crippen LogP contribution in [0.5, 0.6) is 0 Å². The van der Waals surface area contributed by atoms with Crippen LogP contribution in [-0.4, -0.2) is 16.8 Å². The minimum absolute atomic E-state index is 0.472. The number of oxime groups is 1. The van der Waals surface area contributed by atoms with Crippen molar-refractivity contribution in [1.82, 2.24) is 4.57 Å². The number of halogens is 1. The van der Waals surface area contributed by atoms with E-state index in [2.05, 4.69) is 83.4 Å². The van der Waals surface area contributed by atoms with Crippen molar-refractivity contribution in [2.75, 3.05) is 0 Å². The Morgan fingerprint density at radius 3 is 2.36 bits per heavy atom. The van der Waals surface area contributed by atoms with Crippen LogP contribution in [0.4, 0.5) is 0 Å². The van der Waals surface area contributed by atoms with E-state index >= 15 is 0 Å². The highest BCUT2D eigenvalue weighted by atomic mass is 35.5. The van der Waals surface area contributed by atoms with Crippen molar-refractivity contribution < 1.29 is 9.63 Å². The fraction of sp³-hybridized carbons (Fsp3) is 0.111. The van der Waals surface area contributed by atoms with Gasteiger partial charge in [0.1, 0.15) is 0 Å². The lowest BCUT2D eigenvalue weighted by atomic mass is 9.97. The van der Waals surface area contributed by atoms with Gasteiger partial charge in [0.25, 0.3) is 0 Å². The van der Waals surface area contributed by atoms with Gasteiger partial charge in [-0.1, -0.05) is 94.2 Å². The summed E-state index contributed by atoms with van der Waals surface area (Å²) in [6, 6.07) is 36.5. The lowest BCUT2D eigenvalue weighted by Crippen LogP contribution is -2.09. The molecule has 6 rings (SSSR count). The number of thioether (sulfide) groups is 1. The zero-order valence-corrected chi connectivity index (χ0v) is 25.0. The van der Waals surface area contributed by atoms with Gasteiger partial charge in [0, 0.05) is 31.8 Å². The van der Waals surface area contributed by atoms with Crippen molar-refractivity contribution in [2.24, 2.45) is 5.16 Å². The Kier molecular flexibility index (Phi) is 8.13. The highest BCUT2D eigenvalue weighted by Crippen LogP contribution is 2.45. The topological polar surface area (TPSA) is 43.6 Å². The number of aromatic nitrogens is 1. The molecule has 6 heteroatoms. The lowest BCUT2D eigenvalue weighted by Gasteiger charge is -2.21. The third-order valence-electron chi connectivity index (χ3n) is 7.26. The molecule has 5 aromatic rings. The summed E-state index contributed by atoms with van der Waals surface area (Å²) < 4.78 is 2.34. The number of carbonyl (C=O) groups excluding carboxylic acids is 1. The van der Waals surface area contributed by atoms with E-state index in [1.54, 1.807) is 30.1 Å². The fourth-order valence-electron chi connectivity index (χ4n) is 5.17. The molecule has 0 amide bonds. The summed E-state index contributed by atoms with van der Waals surface area (Å²) in [6.45, 7) is 4.03. The summed E-state index contributed by atoms with van der Waals surface area (Å²) in [4.78, 5) is 20.2. The molecule has 0 radical (unpaired) electrons. The Hall–Kier alpha value is -4.32. The lowest BCUT2D eigenvalue weighted by molar-refractivity contribution is 0.0519. The number of hydrogen-bond donors (Lipinski definition) is 0. The number of fused-ring (bicyclic) bond motifs is 1. The van der Waals surface area contributed by atoms with Crippen molar-refractivity contribution in [3.63, 3.8) is 0 Å². The Morgan fingerprint density at radius 2 is 1.62 bits per heavy atom. The Morgan fingerprint density at radius 1 is 0.857 bits per heavy atom. The minimum atomic E-state index is -0.472. The van der Waals surface area contributed by atoms with Crippen LogP contribution in [-0.2, 0) is 11.3 Å². The van der Waals surface area contributed by atoms with Crippen molar-refractivity contribution >= 4 is 40.5 Å². The third-order valence-corrected chi connectivity index (χ3v) is 8.71. The summed E-state index contributed by atoms with van der Waals surface area (Å²) >= 11 is 7.97. The average molecular weight is 589 g/mol. The molecule has 0 bridgehead atoms. The SMILES string of the molecule is Cc1ccc(SC2=C(C=NOC(=O)c3cccc(C)c3)CCc3c2cc(-c2ccccc2)n3-c2ccc(Cl)cc2)cc1. The van der Waals surface area contributed by atoms with E-state index in [4.69, 9.17) is 16.4 Å². The highest BCUT2D eigenvalue weighted by molar-refractivity contribution is 8.08. The van der Waals surface area contributed by atoms with Gasteiger partial charge in [0.15, 0.2) is 0 Å². The molecule has 0 fully saturated rings. The number of aryl methyl sites for hydroxylation is 2. The molecular formula is C36H29ClN2O2S. The largest absolute Gasteiger partial charge is 0.365 e. The second-order valence-corrected chi connectivity index (χ2v) is 11.8. The van der Waals surface area contributed by atoms with E-state index in [-0.39, 0.29) is 0 Å². The van der Waals surface area contributed by atoms with Crippen LogP contribution < -0.4 is 0 Å². The van der Waals surface area contributed by atoms with Gasteiger partial charge in [-0.3, -0.25) is 0 Å². The highest BCUT2D eigenvalue weighted by Gasteiger charge is 2.26. The number of nitrogens with zero attached hydrogens (tertiary/aromatic N) is 2. The third kappa shape index (κ3) is 5.98. The van der Waals surface area contributed by atoms with E-state index in [0.717, 1.165) is 56.3 Å². The standard InChI is InChI=1S/C36H29ClN2O2S/c1-24-11-18-31(19-12-24)42-35-28(23-38-41-36(40)27-10-6-7-25(2)21-27)13-20-33-32(35)22-34(26-8-4-3-5-9-26)39(33)30-16-14-29(37)15-17-30/h3-12,14-19,21-23H,13,20H2,1-2H3. The van der Waals surface area contributed by atoms with Crippen LogP contribution in [0.15, 0.2) is 125 Å². The van der Waals surface area contributed by atoms with E-state index in [9.17, 15) is 4.79 Å². The molecule has 0 saturated carbocycles. The molecule has 1 aliphatic carbocycles. The maximum Gasteiger partial charge on any atom is 0.365 e. The van der Waals surface area contributed by atoms with E-state index in [0.29, 0.717) is 10.6 Å². The maximum absolute atomic E-state index is 12.7. The summed E-state index contributed by atoms with van der Waals surface area (Å²) in [6.07, 6.45) is 3.25. The molecule has 208 valence electrons. The quantitative estimate of drug-likeness (QED) is 0.108. The predicted molar refractivity (Wildman–Crippen MR) is 174 cm³/mol. The number of rotatable bonds is 7. The van der Waals surface area contributed by atoms with Gasteiger partial charge < -0.3 is 9.40 Å². The van der Waals surface area contributed by atoms with Crippen LogP contribution in [0.25, 0.3) is 21.8 Å². The summed E-state index contributed by atoms with van der Waals surface area (Å²) in [5.74, 6) is -0.472. The van der Waals surface area contributed by atoms with Crippen LogP contribution in [0.3, 0.4) is 0 Å². The van der Waals surface area contributed by atoms with Crippen LogP contribution in [0, 0.1) is 13.8 Å². The van der Waals surface area contributed by atoms with Crippen LogP contribution in [0.1, 0.15) is 39.2 Å². The molecule has 1 aliphatic rings. The van der Waals surface area contributed by atoms with Crippen LogP contribution in [0.2, 0.25) is 5.02 Å². The predicted octanol–water partition coefficient (Wildman–Crippen LogP) is 9.71. The first kappa shape index (κ1) is 27.8. The molecule has 4 nitrogen and oxygen atoms in total. The minimum Gasteiger partial charge on any atom is -0.313 e. The first-order valence-corrected chi connectivity index (χ1v) is 15.0. The number of benzene rings is 4. The smallest absolute Gasteiger partial charge is 0.313 e. The molecule has 0 N–H and O–H groups in total. The van der Waals surface area contributed by atoms with Gasteiger partial charge in [-0.15, -0.1) is 0 Å². The summed E-state index contributed by atoms with van der Waals surface area (Å²) in [5.41, 5.74) is 9.37. The van der Waals surface area contributed by atoms with Gasteiger partial charge in [-0.25, -0.2) is 4.79 Å². The second-order valence-electron chi connectivity index (χ2n) is 10.3. The van der Waals surface area contributed by atoms with Crippen LogP contribution >= 0.6 is 23.4 Å². The van der Waals surface area contributed by atoms with Gasteiger partial charge >= 0.3 is 5.97 Å². The van der Waals surface area contributed by atoms with Gasteiger partial charge in [-0.05, 0) is 92.4 Å². The monoisotopic (exact) mass is 588 g/mol. The van der Waals surface area contributed by atoms with Gasteiger partial charge in [0.05, 0.1) is 17.5 Å². The molecule has 1 aromatic heterocycles. The van der Waals surface area contributed by atoms with Gasteiger partial charge in [0.2, 0.25) is 0 Å². The summed E-state index contributed by atoms with van der Waals surface area (Å²) in [7, 11) is 0. The molecule has 42 heavy (non-hydrogen) atoms. The van der Waals surface area contributed by atoms with E-state index in [1.165, 1.54) is 11.3 Å². The second kappa shape index (κ2) is 12.3. The normalized spacial score (nSPS) is 12.9. The zero-order chi connectivity index (χ0) is 29.1. The molecular weight excluding hydrogens is 560 g/mol. The molecule has 0 aliphatic heterocycles. The summed E-state index contributed by atoms with van der Waals surface area (Å²) in [5, 5.41) is 4.87. The Labute approximate surface area is 255 Å². The van der Waals surface area contributed by atoms with Crippen molar-refractivity contribution in [3.8, 4) is 16.9 Å². The van der Waals surface area contributed by atoms with Crippen molar-refractivity contribution in [2.45, 2.75) is 31.6 Å². The molecule has 0 spiro atoms. The molecule has 0 unspecified atom stereocenters. The zero-order valence-electron chi connectivity index (χ0n) is 23.4. The molecule has 1 heterocycles. The molecule has 0 saturated heterocycles. The number of allylic oxidation sites excluding steroid dienone is 1. The Bertz CT molecular complexity index is 1800. The number of carbonyl (C=O) groups is 1. The first-order chi connectivity index (χ1) is 20.5.